The SMILES string of the molecule is CN(C)CCc1c(Br)ccc(C(=O)O)c1-c1cccc2[nH]ccc12. The van der Waals surface area contributed by atoms with E-state index in [9.17, 15) is 9.90 Å². The number of carboxylic acid groups (broad SMARTS) is 1. The Morgan fingerprint density at radius 2 is 2.00 bits per heavy atom. The van der Waals surface area contributed by atoms with Gasteiger partial charge in [0.2, 0.25) is 0 Å². The predicted molar refractivity (Wildman–Crippen MR) is 101 cm³/mol. The van der Waals surface area contributed by atoms with E-state index in [4.69, 9.17) is 0 Å². The molecule has 2 N–H and O–H groups in total. The molecule has 0 aliphatic carbocycles. The Bertz CT molecular complexity index is 900. The molecule has 0 aliphatic heterocycles. The minimum absolute atomic E-state index is 0.334. The molecule has 1 heterocycles. The first-order chi connectivity index (χ1) is 11.5. The molecule has 0 unspecified atom stereocenters. The molecule has 0 spiro atoms. The van der Waals surface area contributed by atoms with Gasteiger partial charge in [-0.1, -0.05) is 28.1 Å². The molecule has 3 aromatic rings. The molecule has 3 rings (SSSR count). The zero-order chi connectivity index (χ0) is 17.3. The minimum atomic E-state index is -0.906. The molecule has 0 radical (unpaired) electrons. The van der Waals surface area contributed by atoms with E-state index in [1.165, 1.54) is 0 Å². The van der Waals surface area contributed by atoms with Crippen LogP contribution in [-0.2, 0) is 6.42 Å². The van der Waals surface area contributed by atoms with Crippen molar-refractivity contribution >= 4 is 32.8 Å². The molecule has 0 aliphatic rings. The third-order valence-electron chi connectivity index (χ3n) is 4.16. The molecule has 1 aromatic heterocycles. The van der Waals surface area contributed by atoms with Gasteiger partial charge in [-0.2, -0.15) is 0 Å². The van der Waals surface area contributed by atoms with Gasteiger partial charge in [-0.15, -0.1) is 0 Å². The molecule has 0 saturated heterocycles. The van der Waals surface area contributed by atoms with Crippen molar-refractivity contribution in [1.29, 1.82) is 0 Å². The number of carboxylic acids is 1. The molecule has 0 fully saturated rings. The van der Waals surface area contributed by atoms with Crippen LogP contribution >= 0.6 is 15.9 Å². The molecule has 0 saturated carbocycles. The molecule has 0 atom stereocenters. The molecule has 0 bridgehead atoms. The van der Waals surface area contributed by atoms with Crippen LogP contribution in [0, 0.1) is 0 Å². The molecular formula is C19H19BrN2O2. The third kappa shape index (κ3) is 3.09. The van der Waals surface area contributed by atoms with Crippen LogP contribution in [0.15, 0.2) is 47.1 Å². The number of carbonyl (C=O) groups is 1. The van der Waals surface area contributed by atoms with Gasteiger partial charge in [0.15, 0.2) is 0 Å². The summed E-state index contributed by atoms with van der Waals surface area (Å²) in [6.07, 6.45) is 2.65. The molecule has 24 heavy (non-hydrogen) atoms. The van der Waals surface area contributed by atoms with Crippen LogP contribution in [0.4, 0.5) is 0 Å². The van der Waals surface area contributed by atoms with Crippen molar-refractivity contribution in [1.82, 2.24) is 9.88 Å². The van der Waals surface area contributed by atoms with E-state index in [-0.39, 0.29) is 0 Å². The fourth-order valence-electron chi connectivity index (χ4n) is 2.99. The average Bonchev–Trinajstić information content (AvgIpc) is 3.01. The van der Waals surface area contributed by atoms with Gasteiger partial charge in [-0.3, -0.25) is 0 Å². The van der Waals surface area contributed by atoms with Gasteiger partial charge in [0.05, 0.1) is 5.56 Å². The molecule has 5 heteroatoms. The molecule has 4 nitrogen and oxygen atoms in total. The highest BCUT2D eigenvalue weighted by atomic mass is 79.9. The normalized spacial score (nSPS) is 11.3. The zero-order valence-electron chi connectivity index (χ0n) is 13.6. The lowest BCUT2D eigenvalue weighted by Crippen LogP contribution is -2.16. The van der Waals surface area contributed by atoms with Gasteiger partial charge in [-0.05, 0) is 55.9 Å². The van der Waals surface area contributed by atoms with Gasteiger partial charge in [0.25, 0.3) is 0 Å². The molecular weight excluding hydrogens is 368 g/mol. The first kappa shape index (κ1) is 16.7. The number of halogens is 1. The van der Waals surface area contributed by atoms with Crippen molar-refractivity contribution in [3.63, 3.8) is 0 Å². The van der Waals surface area contributed by atoms with Crippen LogP contribution < -0.4 is 0 Å². The Labute approximate surface area is 149 Å². The number of rotatable bonds is 5. The lowest BCUT2D eigenvalue weighted by atomic mass is 9.90. The minimum Gasteiger partial charge on any atom is -0.478 e. The highest BCUT2D eigenvalue weighted by molar-refractivity contribution is 9.10. The van der Waals surface area contributed by atoms with E-state index in [2.05, 4.69) is 25.8 Å². The monoisotopic (exact) mass is 386 g/mol. The summed E-state index contributed by atoms with van der Waals surface area (Å²) in [5.74, 6) is -0.906. The maximum atomic E-state index is 11.8. The summed E-state index contributed by atoms with van der Waals surface area (Å²) in [6.45, 7) is 0.845. The van der Waals surface area contributed by atoms with Crippen molar-refractivity contribution < 1.29 is 9.90 Å². The van der Waals surface area contributed by atoms with Gasteiger partial charge in [0.1, 0.15) is 0 Å². The summed E-state index contributed by atoms with van der Waals surface area (Å²) in [4.78, 5) is 17.1. The number of aromatic amines is 1. The number of hydrogen-bond donors (Lipinski definition) is 2. The van der Waals surface area contributed by atoms with Crippen molar-refractivity contribution in [3.8, 4) is 11.1 Å². The largest absolute Gasteiger partial charge is 0.478 e. The van der Waals surface area contributed by atoms with E-state index >= 15 is 0 Å². The van der Waals surface area contributed by atoms with Crippen LogP contribution in [-0.4, -0.2) is 41.6 Å². The Balaban J connectivity index is 2.29. The summed E-state index contributed by atoms with van der Waals surface area (Å²) >= 11 is 3.61. The third-order valence-corrected chi connectivity index (χ3v) is 4.90. The number of benzene rings is 2. The summed E-state index contributed by atoms with van der Waals surface area (Å²) < 4.78 is 0.942. The van der Waals surface area contributed by atoms with Gasteiger partial charge in [0, 0.05) is 33.7 Å². The fraction of sp³-hybridized carbons (Fsp3) is 0.211. The Kier molecular flexibility index (Phi) is 4.73. The summed E-state index contributed by atoms with van der Waals surface area (Å²) in [7, 11) is 4.03. The van der Waals surface area contributed by atoms with Gasteiger partial charge in [-0.25, -0.2) is 4.79 Å². The summed E-state index contributed by atoms with van der Waals surface area (Å²) in [5.41, 5.74) is 4.10. The number of hydrogen-bond acceptors (Lipinski definition) is 2. The molecule has 124 valence electrons. The van der Waals surface area contributed by atoms with Gasteiger partial charge < -0.3 is 15.0 Å². The smallest absolute Gasteiger partial charge is 0.336 e. The van der Waals surface area contributed by atoms with Crippen LogP contribution in [0.1, 0.15) is 15.9 Å². The van der Waals surface area contributed by atoms with Crippen LogP contribution in [0.3, 0.4) is 0 Å². The van der Waals surface area contributed by atoms with E-state index < -0.39 is 5.97 Å². The number of nitrogens with one attached hydrogen (secondary N) is 1. The van der Waals surface area contributed by atoms with Gasteiger partial charge >= 0.3 is 5.97 Å². The fourth-order valence-corrected chi connectivity index (χ4v) is 3.52. The summed E-state index contributed by atoms with van der Waals surface area (Å²) in [5, 5.41) is 10.7. The second-order valence-electron chi connectivity index (χ2n) is 6.05. The number of H-pyrrole nitrogens is 1. The number of aromatic carboxylic acids is 1. The van der Waals surface area contributed by atoms with E-state index in [1.54, 1.807) is 6.07 Å². The number of fused-ring (bicyclic) bond motifs is 1. The number of nitrogens with zero attached hydrogens (tertiary/aromatic N) is 1. The molecule has 2 aromatic carbocycles. The van der Waals surface area contributed by atoms with Crippen LogP contribution in [0.25, 0.3) is 22.0 Å². The first-order valence-electron chi connectivity index (χ1n) is 7.75. The Hall–Kier alpha value is -2.11. The second-order valence-corrected chi connectivity index (χ2v) is 6.91. The Morgan fingerprint density at radius 3 is 2.71 bits per heavy atom. The topological polar surface area (TPSA) is 56.3 Å². The van der Waals surface area contributed by atoms with Crippen molar-refractivity contribution in [2.45, 2.75) is 6.42 Å². The lowest BCUT2D eigenvalue weighted by Gasteiger charge is -2.18. The van der Waals surface area contributed by atoms with E-state index in [0.29, 0.717) is 5.56 Å². The maximum Gasteiger partial charge on any atom is 0.336 e. The average molecular weight is 387 g/mol. The Morgan fingerprint density at radius 1 is 1.21 bits per heavy atom. The number of aromatic nitrogens is 1. The number of likely N-dealkylation sites (N-methyl/N-ethyl adjacent to an activating group) is 1. The summed E-state index contributed by atoms with van der Waals surface area (Å²) in [6, 6.07) is 11.4. The van der Waals surface area contributed by atoms with Crippen molar-refractivity contribution in [2.75, 3.05) is 20.6 Å². The highest BCUT2D eigenvalue weighted by Gasteiger charge is 2.20. The van der Waals surface area contributed by atoms with Crippen molar-refractivity contribution in [2.24, 2.45) is 0 Å². The second kappa shape index (κ2) is 6.79. The molecule has 0 amide bonds. The highest BCUT2D eigenvalue weighted by Crippen LogP contribution is 2.37. The quantitative estimate of drug-likeness (QED) is 0.682. The van der Waals surface area contributed by atoms with E-state index in [0.717, 1.165) is 45.0 Å². The van der Waals surface area contributed by atoms with Crippen molar-refractivity contribution in [3.05, 3.63) is 58.2 Å². The lowest BCUT2D eigenvalue weighted by molar-refractivity contribution is 0.0697. The maximum absolute atomic E-state index is 11.8. The zero-order valence-corrected chi connectivity index (χ0v) is 15.2. The first-order valence-corrected chi connectivity index (χ1v) is 8.54. The predicted octanol–water partition coefficient (Wildman–Crippen LogP) is 4.40. The van der Waals surface area contributed by atoms with E-state index in [1.807, 2.05) is 50.6 Å². The van der Waals surface area contributed by atoms with Crippen LogP contribution in [0.5, 0.6) is 0 Å². The van der Waals surface area contributed by atoms with Crippen LogP contribution in [0.2, 0.25) is 0 Å². The standard InChI is InChI=1S/C19H19BrN2O2/c1-22(2)11-9-14-16(20)7-6-15(19(23)24)18(14)13-4-3-5-17-12(13)8-10-21-17/h3-8,10,21H,9,11H2,1-2H3,(H,23,24).